The first-order valence-electron chi connectivity index (χ1n) is 8.04. The number of rotatable bonds is 3. The summed E-state index contributed by atoms with van der Waals surface area (Å²) < 4.78 is 4.85. The number of hydrogen-bond acceptors (Lipinski definition) is 5. The van der Waals surface area contributed by atoms with Crippen LogP contribution >= 0.6 is 11.8 Å². The summed E-state index contributed by atoms with van der Waals surface area (Å²) >= 11 is 1.17. The number of esters is 1. The SMILES string of the molecule is COC(=O)C1CC(SC(C)=O)CN1C(=O)c1ccc2ccccc2c1. The summed E-state index contributed by atoms with van der Waals surface area (Å²) in [6.45, 7) is 1.85. The molecule has 1 fully saturated rings. The lowest BCUT2D eigenvalue weighted by molar-refractivity contribution is -0.145. The Balaban J connectivity index is 1.88. The van der Waals surface area contributed by atoms with Gasteiger partial charge in [0.1, 0.15) is 6.04 Å². The van der Waals surface area contributed by atoms with E-state index < -0.39 is 12.0 Å². The molecule has 2 unspecified atom stereocenters. The molecule has 3 rings (SSSR count). The lowest BCUT2D eigenvalue weighted by atomic mass is 10.1. The van der Waals surface area contributed by atoms with Crippen molar-refractivity contribution in [3.05, 3.63) is 48.0 Å². The number of benzene rings is 2. The van der Waals surface area contributed by atoms with Crippen LogP contribution in [0.15, 0.2) is 42.5 Å². The third kappa shape index (κ3) is 3.69. The minimum atomic E-state index is -0.652. The molecule has 1 saturated heterocycles. The van der Waals surface area contributed by atoms with E-state index in [1.54, 1.807) is 6.07 Å². The van der Waals surface area contributed by atoms with Crippen molar-refractivity contribution in [2.24, 2.45) is 0 Å². The van der Waals surface area contributed by atoms with Gasteiger partial charge in [-0.1, -0.05) is 42.1 Å². The molecule has 0 saturated carbocycles. The summed E-state index contributed by atoms with van der Waals surface area (Å²) in [6, 6.07) is 12.6. The number of ether oxygens (including phenoxy) is 1. The molecular weight excluding hydrogens is 338 g/mol. The molecule has 0 N–H and O–H groups in total. The first kappa shape index (κ1) is 17.5. The fourth-order valence-electron chi connectivity index (χ4n) is 3.19. The van der Waals surface area contributed by atoms with E-state index in [0.29, 0.717) is 18.5 Å². The maximum absolute atomic E-state index is 13.0. The zero-order chi connectivity index (χ0) is 18.0. The van der Waals surface area contributed by atoms with Crippen LogP contribution < -0.4 is 0 Å². The Morgan fingerprint density at radius 2 is 1.84 bits per heavy atom. The number of fused-ring (bicyclic) bond motifs is 1. The second kappa shape index (κ2) is 7.27. The van der Waals surface area contributed by atoms with Crippen molar-refractivity contribution in [2.75, 3.05) is 13.7 Å². The van der Waals surface area contributed by atoms with Gasteiger partial charge in [0, 0.05) is 24.3 Å². The van der Waals surface area contributed by atoms with Crippen LogP contribution in [0.3, 0.4) is 0 Å². The van der Waals surface area contributed by atoms with Gasteiger partial charge in [-0.15, -0.1) is 0 Å². The number of nitrogens with zero attached hydrogens (tertiary/aromatic N) is 1. The molecular formula is C19H19NO4S. The van der Waals surface area contributed by atoms with E-state index in [1.807, 2.05) is 36.4 Å². The first-order valence-corrected chi connectivity index (χ1v) is 8.92. The van der Waals surface area contributed by atoms with Gasteiger partial charge in [-0.3, -0.25) is 9.59 Å². The predicted molar refractivity (Wildman–Crippen MR) is 97.5 cm³/mol. The second-order valence-electron chi connectivity index (χ2n) is 6.03. The van der Waals surface area contributed by atoms with Crippen molar-refractivity contribution >= 4 is 39.5 Å². The second-order valence-corrected chi connectivity index (χ2v) is 7.50. The van der Waals surface area contributed by atoms with Crippen molar-refractivity contribution in [3.8, 4) is 0 Å². The lowest BCUT2D eigenvalue weighted by Gasteiger charge is -2.22. The molecule has 1 heterocycles. The molecule has 2 atom stereocenters. The van der Waals surface area contributed by atoms with Crippen molar-refractivity contribution < 1.29 is 19.1 Å². The quantitative estimate of drug-likeness (QED) is 0.791. The molecule has 2 aromatic carbocycles. The average Bonchev–Trinajstić information content (AvgIpc) is 3.03. The van der Waals surface area contributed by atoms with E-state index in [-0.39, 0.29) is 16.3 Å². The van der Waals surface area contributed by atoms with Crippen molar-refractivity contribution in [1.82, 2.24) is 4.90 Å². The highest BCUT2D eigenvalue weighted by atomic mass is 32.2. The molecule has 0 aromatic heterocycles. The fraction of sp³-hybridized carbons (Fsp3) is 0.316. The average molecular weight is 357 g/mol. The minimum Gasteiger partial charge on any atom is -0.467 e. The third-order valence-corrected chi connectivity index (χ3v) is 5.33. The van der Waals surface area contributed by atoms with Crippen molar-refractivity contribution in [2.45, 2.75) is 24.6 Å². The zero-order valence-electron chi connectivity index (χ0n) is 14.1. The highest BCUT2D eigenvalue weighted by molar-refractivity contribution is 8.14. The fourth-order valence-corrected chi connectivity index (χ4v) is 4.17. The van der Waals surface area contributed by atoms with Gasteiger partial charge in [-0.05, 0) is 29.3 Å². The van der Waals surface area contributed by atoms with Crippen LogP contribution in [0.5, 0.6) is 0 Å². The number of hydrogen-bond donors (Lipinski definition) is 0. The largest absolute Gasteiger partial charge is 0.467 e. The van der Waals surface area contributed by atoms with E-state index in [4.69, 9.17) is 4.74 Å². The lowest BCUT2D eigenvalue weighted by Crippen LogP contribution is -2.41. The molecule has 0 spiro atoms. The van der Waals surface area contributed by atoms with Crippen molar-refractivity contribution in [3.63, 3.8) is 0 Å². The maximum atomic E-state index is 13.0. The molecule has 0 aliphatic carbocycles. The molecule has 130 valence electrons. The summed E-state index contributed by atoms with van der Waals surface area (Å²) in [5.41, 5.74) is 0.529. The van der Waals surface area contributed by atoms with Crippen LogP contribution in [-0.2, 0) is 14.3 Å². The Morgan fingerprint density at radius 3 is 2.52 bits per heavy atom. The molecule has 1 amide bonds. The van der Waals surface area contributed by atoms with Gasteiger partial charge >= 0.3 is 5.97 Å². The number of likely N-dealkylation sites (tertiary alicyclic amines) is 1. The summed E-state index contributed by atoms with van der Waals surface area (Å²) in [4.78, 5) is 38.0. The maximum Gasteiger partial charge on any atom is 0.328 e. The van der Waals surface area contributed by atoms with Gasteiger partial charge in [-0.25, -0.2) is 4.79 Å². The molecule has 5 nitrogen and oxygen atoms in total. The topological polar surface area (TPSA) is 63.7 Å². The number of amides is 1. The van der Waals surface area contributed by atoms with Crippen molar-refractivity contribution in [1.29, 1.82) is 0 Å². The van der Waals surface area contributed by atoms with Gasteiger partial charge < -0.3 is 9.64 Å². The molecule has 1 aliphatic rings. The van der Waals surface area contributed by atoms with Gasteiger partial charge in [0.05, 0.1) is 7.11 Å². The Hall–Kier alpha value is -2.34. The minimum absolute atomic E-state index is 0.0198. The highest BCUT2D eigenvalue weighted by Crippen LogP contribution is 2.30. The Labute approximate surface area is 150 Å². The van der Waals surface area contributed by atoms with Crippen LogP contribution in [-0.4, -0.2) is 46.8 Å². The van der Waals surface area contributed by atoms with E-state index >= 15 is 0 Å². The normalized spacial score (nSPS) is 19.8. The number of methoxy groups -OCH3 is 1. The number of carbonyl (C=O) groups is 3. The molecule has 2 aromatic rings. The summed E-state index contributed by atoms with van der Waals surface area (Å²) in [5, 5.41) is 1.91. The molecule has 0 bridgehead atoms. The van der Waals surface area contributed by atoms with E-state index in [2.05, 4.69) is 0 Å². The monoisotopic (exact) mass is 357 g/mol. The summed E-state index contributed by atoms with van der Waals surface area (Å²) in [7, 11) is 1.31. The van der Waals surface area contributed by atoms with E-state index in [0.717, 1.165) is 10.8 Å². The number of thioether (sulfide) groups is 1. The molecule has 0 radical (unpaired) electrons. The summed E-state index contributed by atoms with van der Waals surface area (Å²) in [5.74, 6) is -0.659. The van der Waals surface area contributed by atoms with E-state index in [1.165, 1.54) is 30.7 Å². The number of carbonyl (C=O) groups excluding carboxylic acids is 3. The smallest absolute Gasteiger partial charge is 0.328 e. The van der Waals surface area contributed by atoms with Gasteiger partial charge in [-0.2, -0.15) is 0 Å². The molecule has 1 aliphatic heterocycles. The van der Waals surface area contributed by atoms with Crippen LogP contribution in [0.2, 0.25) is 0 Å². The van der Waals surface area contributed by atoms with Crippen LogP contribution in [0.25, 0.3) is 10.8 Å². The van der Waals surface area contributed by atoms with Gasteiger partial charge in [0.25, 0.3) is 5.91 Å². The van der Waals surface area contributed by atoms with Crippen LogP contribution in [0, 0.1) is 0 Å². The third-order valence-electron chi connectivity index (χ3n) is 4.33. The van der Waals surface area contributed by atoms with Crippen LogP contribution in [0.1, 0.15) is 23.7 Å². The Kier molecular flexibility index (Phi) is 5.08. The molecule has 6 heteroatoms. The predicted octanol–water partition coefficient (Wildman–Crippen LogP) is 2.88. The van der Waals surface area contributed by atoms with E-state index in [9.17, 15) is 14.4 Å². The molecule has 25 heavy (non-hydrogen) atoms. The standard InChI is InChI=1S/C19H19NO4S/c1-12(21)25-16-10-17(19(23)24-2)20(11-16)18(22)15-8-7-13-5-3-4-6-14(13)9-15/h3-9,16-17H,10-11H2,1-2H3. The Morgan fingerprint density at radius 1 is 1.12 bits per heavy atom. The zero-order valence-corrected chi connectivity index (χ0v) is 14.9. The van der Waals surface area contributed by atoms with Gasteiger partial charge in [0.2, 0.25) is 0 Å². The Bertz CT molecular complexity index is 835. The first-order chi connectivity index (χ1) is 12.0. The summed E-state index contributed by atoms with van der Waals surface area (Å²) in [6.07, 6.45) is 0.427. The van der Waals surface area contributed by atoms with Gasteiger partial charge in [0.15, 0.2) is 5.12 Å². The highest BCUT2D eigenvalue weighted by Gasteiger charge is 2.41. The van der Waals surface area contributed by atoms with Crippen LogP contribution in [0.4, 0.5) is 0 Å².